The van der Waals surface area contributed by atoms with Crippen LogP contribution in [0.25, 0.3) is 0 Å². The molecule has 0 radical (unpaired) electrons. The molecule has 0 aliphatic rings. The molecule has 2 rings (SSSR count). The van der Waals surface area contributed by atoms with Crippen molar-refractivity contribution in [3.05, 3.63) is 64.7 Å². The van der Waals surface area contributed by atoms with Crippen LogP contribution in [0.3, 0.4) is 0 Å². The van der Waals surface area contributed by atoms with E-state index in [9.17, 15) is 4.79 Å². The summed E-state index contributed by atoms with van der Waals surface area (Å²) in [5, 5.41) is 4.92. The van der Waals surface area contributed by atoms with Crippen molar-refractivity contribution < 1.29 is 4.79 Å². The van der Waals surface area contributed by atoms with E-state index in [1.807, 2.05) is 55.5 Å². The van der Waals surface area contributed by atoms with Gasteiger partial charge < -0.3 is 0 Å². The van der Waals surface area contributed by atoms with Gasteiger partial charge in [0, 0.05) is 32.4 Å². The van der Waals surface area contributed by atoms with Crippen molar-refractivity contribution >= 4 is 35.0 Å². The molecule has 0 spiro atoms. The van der Waals surface area contributed by atoms with Crippen LogP contribution >= 0.6 is 23.4 Å². The Morgan fingerprint density at radius 2 is 1.68 bits per heavy atom. The first-order chi connectivity index (χ1) is 11.8. The van der Waals surface area contributed by atoms with Gasteiger partial charge in [-0.15, -0.1) is 11.8 Å². The summed E-state index contributed by atoms with van der Waals surface area (Å²) < 4.78 is 0. The first-order valence-corrected chi connectivity index (χ1v) is 9.44. The van der Waals surface area contributed by atoms with Gasteiger partial charge in [-0.25, -0.2) is 5.43 Å². The third-order valence-electron chi connectivity index (χ3n) is 3.85. The zero-order valence-electron chi connectivity index (χ0n) is 15.0. The molecule has 0 saturated carbocycles. The molecule has 0 heterocycles. The molecule has 132 valence electrons. The van der Waals surface area contributed by atoms with E-state index in [-0.39, 0.29) is 11.3 Å². The van der Waals surface area contributed by atoms with Crippen LogP contribution in [0.5, 0.6) is 0 Å². The summed E-state index contributed by atoms with van der Waals surface area (Å²) in [7, 11) is 0. The van der Waals surface area contributed by atoms with E-state index >= 15 is 0 Å². The summed E-state index contributed by atoms with van der Waals surface area (Å²) in [5.74, 6) is 0.644. The Bertz CT molecular complexity index is 747. The molecule has 0 saturated heterocycles. The van der Waals surface area contributed by atoms with Gasteiger partial charge in [0.05, 0.1) is 0 Å². The number of hydrogen-bond donors (Lipinski definition) is 1. The van der Waals surface area contributed by atoms with Gasteiger partial charge in [-0.2, -0.15) is 5.10 Å². The molecule has 0 unspecified atom stereocenters. The fraction of sp³-hybridized carbons (Fsp3) is 0.300. The van der Waals surface area contributed by atoms with Gasteiger partial charge in [-0.1, -0.05) is 44.5 Å². The summed E-state index contributed by atoms with van der Waals surface area (Å²) in [6, 6.07) is 15.4. The van der Waals surface area contributed by atoms with E-state index in [1.54, 1.807) is 11.8 Å². The molecule has 0 fully saturated rings. The van der Waals surface area contributed by atoms with Gasteiger partial charge in [0.25, 0.3) is 5.91 Å². The van der Waals surface area contributed by atoms with Crippen LogP contribution in [0.4, 0.5) is 0 Å². The molecule has 3 nitrogen and oxygen atoms in total. The van der Waals surface area contributed by atoms with Gasteiger partial charge >= 0.3 is 0 Å². The maximum atomic E-state index is 12.2. The van der Waals surface area contributed by atoms with E-state index in [1.165, 1.54) is 4.90 Å². The fourth-order valence-electron chi connectivity index (χ4n) is 1.82. The lowest BCUT2D eigenvalue weighted by Gasteiger charge is -2.17. The molecule has 2 aromatic rings. The normalized spacial score (nSPS) is 12.1. The lowest BCUT2D eigenvalue weighted by Crippen LogP contribution is -2.24. The molecule has 0 aromatic heterocycles. The minimum atomic E-state index is -0.194. The Morgan fingerprint density at radius 1 is 1.08 bits per heavy atom. The molecule has 0 aliphatic heterocycles. The zero-order valence-corrected chi connectivity index (χ0v) is 16.5. The SMILES string of the molecule is C/C(=N\NC(=O)c1ccc(CSc2ccc(Cl)cc2)cc1)C(C)(C)C. The first-order valence-electron chi connectivity index (χ1n) is 8.08. The minimum Gasteiger partial charge on any atom is -0.267 e. The minimum absolute atomic E-state index is 0.0595. The Hall–Kier alpha value is -1.78. The molecule has 1 amide bonds. The molecule has 1 N–H and O–H groups in total. The molecule has 0 aliphatic carbocycles. The number of rotatable bonds is 5. The highest BCUT2D eigenvalue weighted by molar-refractivity contribution is 7.98. The van der Waals surface area contributed by atoms with Crippen molar-refractivity contribution in [2.75, 3.05) is 0 Å². The maximum absolute atomic E-state index is 12.2. The number of amides is 1. The summed E-state index contributed by atoms with van der Waals surface area (Å²) in [5.41, 5.74) is 5.21. The Kier molecular flexibility index (Phi) is 6.68. The van der Waals surface area contributed by atoms with E-state index in [2.05, 4.69) is 31.3 Å². The highest BCUT2D eigenvalue weighted by atomic mass is 35.5. The number of hydrazone groups is 1. The van der Waals surface area contributed by atoms with Gasteiger partial charge in [0.15, 0.2) is 0 Å². The topological polar surface area (TPSA) is 41.5 Å². The lowest BCUT2D eigenvalue weighted by molar-refractivity contribution is 0.0954. The van der Waals surface area contributed by atoms with Crippen molar-refractivity contribution in [1.29, 1.82) is 0 Å². The van der Waals surface area contributed by atoms with Crippen molar-refractivity contribution in [3.8, 4) is 0 Å². The van der Waals surface area contributed by atoms with Crippen LogP contribution in [-0.2, 0) is 5.75 Å². The van der Waals surface area contributed by atoms with E-state index < -0.39 is 0 Å². The molecule has 5 heteroatoms. The average molecular weight is 375 g/mol. The smallest absolute Gasteiger partial charge is 0.267 e. The Balaban J connectivity index is 1.92. The van der Waals surface area contributed by atoms with E-state index in [4.69, 9.17) is 11.6 Å². The monoisotopic (exact) mass is 374 g/mol. The standard InChI is InChI=1S/C20H23ClN2OS/c1-14(20(2,3)4)22-23-19(24)16-7-5-15(6-8-16)13-25-18-11-9-17(21)10-12-18/h5-12H,13H2,1-4H3,(H,23,24)/b22-14+. The van der Waals surface area contributed by atoms with Crippen LogP contribution in [0.2, 0.25) is 5.02 Å². The number of nitrogens with one attached hydrogen (secondary N) is 1. The van der Waals surface area contributed by atoms with Crippen molar-refractivity contribution in [2.24, 2.45) is 10.5 Å². The van der Waals surface area contributed by atoms with Crippen molar-refractivity contribution in [2.45, 2.75) is 38.3 Å². The summed E-state index contributed by atoms with van der Waals surface area (Å²) in [4.78, 5) is 13.3. The number of nitrogens with zero attached hydrogens (tertiary/aromatic N) is 1. The molecule has 2 aromatic carbocycles. The second kappa shape index (κ2) is 8.54. The molecular weight excluding hydrogens is 352 g/mol. The second-order valence-electron chi connectivity index (χ2n) is 6.83. The summed E-state index contributed by atoms with van der Waals surface area (Å²) in [6.07, 6.45) is 0. The lowest BCUT2D eigenvalue weighted by atomic mass is 9.91. The summed E-state index contributed by atoms with van der Waals surface area (Å²) >= 11 is 7.62. The largest absolute Gasteiger partial charge is 0.271 e. The maximum Gasteiger partial charge on any atom is 0.271 e. The third-order valence-corrected chi connectivity index (χ3v) is 5.18. The second-order valence-corrected chi connectivity index (χ2v) is 8.31. The number of carbonyl (C=O) groups is 1. The number of hydrogen-bond acceptors (Lipinski definition) is 3. The fourth-order valence-corrected chi connectivity index (χ4v) is 2.80. The van der Waals surface area contributed by atoms with Crippen LogP contribution in [0.15, 0.2) is 58.5 Å². The summed E-state index contributed by atoms with van der Waals surface area (Å²) in [6.45, 7) is 8.10. The average Bonchev–Trinajstić information content (AvgIpc) is 2.58. The highest BCUT2D eigenvalue weighted by Crippen LogP contribution is 2.24. The number of thioether (sulfide) groups is 1. The molecule has 0 atom stereocenters. The van der Waals surface area contributed by atoms with Crippen LogP contribution in [0.1, 0.15) is 43.6 Å². The van der Waals surface area contributed by atoms with Gasteiger partial charge in [0.1, 0.15) is 0 Å². The quantitative estimate of drug-likeness (QED) is 0.409. The Labute approximate surface area is 158 Å². The highest BCUT2D eigenvalue weighted by Gasteiger charge is 2.15. The molecule has 25 heavy (non-hydrogen) atoms. The van der Waals surface area contributed by atoms with E-state index in [0.717, 1.165) is 22.1 Å². The van der Waals surface area contributed by atoms with Gasteiger partial charge in [-0.05, 0) is 48.9 Å². The van der Waals surface area contributed by atoms with Crippen LogP contribution in [0, 0.1) is 5.41 Å². The van der Waals surface area contributed by atoms with Gasteiger partial charge in [0.2, 0.25) is 0 Å². The van der Waals surface area contributed by atoms with Crippen LogP contribution < -0.4 is 5.43 Å². The predicted molar refractivity (Wildman–Crippen MR) is 107 cm³/mol. The third kappa shape index (κ3) is 6.22. The zero-order chi connectivity index (χ0) is 18.4. The van der Waals surface area contributed by atoms with Crippen molar-refractivity contribution in [1.82, 2.24) is 5.43 Å². The van der Waals surface area contributed by atoms with E-state index in [0.29, 0.717) is 5.56 Å². The predicted octanol–water partition coefficient (Wildman–Crippen LogP) is 5.78. The van der Waals surface area contributed by atoms with Crippen molar-refractivity contribution in [3.63, 3.8) is 0 Å². The first kappa shape index (κ1) is 19.5. The van der Waals surface area contributed by atoms with Gasteiger partial charge in [-0.3, -0.25) is 4.79 Å². The number of benzene rings is 2. The molecule has 0 bridgehead atoms. The molecular formula is C20H23ClN2OS. The Morgan fingerprint density at radius 3 is 2.24 bits per heavy atom. The number of carbonyl (C=O) groups excluding carboxylic acids is 1. The van der Waals surface area contributed by atoms with Crippen LogP contribution in [-0.4, -0.2) is 11.6 Å². The number of halogens is 1.